The van der Waals surface area contributed by atoms with Gasteiger partial charge in [0.05, 0.1) is 6.10 Å². The van der Waals surface area contributed by atoms with Crippen LogP contribution in [0.4, 0.5) is 0 Å². The van der Waals surface area contributed by atoms with E-state index in [1.807, 2.05) is 0 Å². The topological polar surface area (TPSA) is 29.5 Å². The van der Waals surface area contributed by atoms with Crippen molar-refractivity contribution in [2.24, 2.45) is 5.41 Å². The van der Waals surface area contributed by atoms with Gasteiger partial charge in [0.25, 0.3) is 0 Å². The van der Waals surface area contributed by atoms with Gasteiger partial charge < -0.3 is 9.84 Å². The van der Waals surface area contributed by atoms with Crippen molar-refractivity contribution in [2.45, 2.75) is 71.7 Å². The van der Waals surface area contributed by atoms with Gasteiger partial charge in [-0.15, -0.1) is 0 Å². The molecule has 0 aliphatic carbocycles. The van der Waals surface area contributed by atoms with E-state index in [4.69, 9.17) is 4.74 Å². The molecule has 1 aliphatic heterocycles. The molecule has 2 atom stereocenters. The average Bonchev–Trinajstić information content (AvgIpc) is 2.13. The third-order valence-corrected chi connectivity index (χ3v) is 2.77. The molecule has 0 saturated carbocycles. The van der Waals surface area contributed by atoms with Gasteiger partial charge in [0, 0.05) is 0 Å². The molecule has 1 rings (SSSR count). The predicted octanol–water partition coefficient (Wildman–Crippen LogP) is 2.74. The fourth-order valence-electron chi connectivity index (χ4n) is 1.82. The van der Waals surface area contributed by atoms with E-state index in [9.17, 15) is 5.11 Å². The molecule has 16 heavy (non-hydrogen) atoms. The quantitative estimate of drug-likeness (QED) is 0.641. The second-order valence-electron chi connectivity index (χ2n) is 6.24. The Kier molecular flexibility index (Phi) is 4.04. The highest BCUT2D eigenvalue weighted by molar-refractivity contribution is 5.14. The molecule has 2 nitrogen and oxygen atoms in total. The predicted molar refractivity (Wildman–Crippen MR) is 66.0 cm³/mol. The molecule has 0 spiro atoms. The molecule has 92 valence electrons. The van der Waals surface area contributed by atoms with Gasteiger partial charge in [-0.1, -0.05) is 32.6 Å². The van der Waals surface area contributed by atoms with Crippen molar-refractivity contribution < 1.29 is 9.84 Å². The fourth-order valence-corrected chi connectivity index (χ4v) is 1.82. The van der Waals surface area contributed by atoms with Gasteiger partial charge >= 0.3 is 0 Å². The highest BCUT2D eigenvalue weighted by Gasteiger charge is 2.30. The maximum atomic E-state index is 9.54. The van der Waals surface area contributed by atoms with Crippen molar-refractivity contribution in [1.29, 1.82) is 0 Å². The van der Waals surface area contributed by atoms with E-state index < -0.39 is 5.60 Å². The van der Waals surface area contributed by atoms with Gasteiger partial charge in [-0.25, -0.2) is 0 Å². The van der Waals surface area contributed by atoms with Crippen LogP contribution in [0.25, 0.3) is 0 Å². The third-order valence-electron chi connectivity index (χ3n) is 2.77. The lowest BCUT2D eigenvalue weighted by atomic mass is 9.84. The lowest BCUT2D eigenvalue weighted by Gasteiger charge is -2.36. The summed E-state index contributed by atoms with van der Waals surface area (Å²) in [4.78, 5) is 0. The Morgan fingerprint density at radius 1 is 1.12 bits per heavy atom. The first-order valence-electron chi connectivity index (χ1n) is 6.09. The minimum absolute atomic E-state index is 0.00981. The van der Waals surface area contributed by atoms with Crippen LogP contribution < -0.4 is 0 Å². The molecule has 0 bridgehead atoms. The van der Waals surface area contributed by atoms with Crippen LogP contribution in [-0.4, -0.2) is 22.9 Å². The Morgan fingerprint density at radius 3 is 2.25 bits per heavy atom. The number of rotatable bonds is 0. The third kappa shape index (κ3) is 4.55. The van der Waals surface area contributed by atoms with Gasteiger partial charge in [0.15, 0.2) is 0 Å². The summed E-state index contributed by atoms with van der Waals surface area (Å²) in [5.74, 6) is 5.89. The number of ether oxygens (including phenoxy) is 1. The summed E-state index contributed by atoms with van der Waals surface area (Å²) in [6.07, 6.45) is 3.53. The standard InChI is InChI=1S/C14H24O2/c1-13(2,3)12-8-6-7-11(16-12)9-10-14(4,5)15/h11-12,15H,6-8H2,1-5H3/t11-,12-/m1/s1. The second-order valence-corrected chi connectivity index (χ2v) is 6.24. The van der Waals surface area contributed by atoms with Crippen LogP contribution in [0, 0.1) is 17.3 Å². The first-order valence-corrected chi connectivity index (χ1v) is 6.09. The lowest BCUT2D eigenvalue weighted by Crippen LogP contribution is -2.36. The first-order chi connectivity index (χ1) is 7.18. The van der Waals surface area contributed by atoms with E-state index in [0.717, 1.165) is 19.3 Å². The molecule has 0 unspecified atom stereocenters. The molecule has 1 heterocycles. The molecule has 1 saturated heterocycles. The zero-order valence-corrected chi connectivity index (χ0v) is 11.1. The van der Waals surface area contributed by atoms with E-state index >= 15 is 0 Å². The van der Waals surface area contributed by atoms with Crippen molar-refractivity contribution >= 4 is 0 Å². The molecule has 0 radical (unpaired) electrons. The molecule has 1 aliphatic rings. The summed E-state index contributed by atoms with van der Waals surface area (Å²) < 4.78 is 5.96. The van der Waals surface area contributed by atoms with Crippen LogP contribution in [-0.2, 0) is 4.74 Å². The lowest BCUT2D eigenvalue weighted by molar-refractivity contribution is -0.0755. The van der Waals surface area contributed by atoms with E-state index in [1.54, 1.807) is 13.8 Å². The molecule has 0 amide bonds. The van der Waals surface area contributed by atoms with Gasteiger partial charge in [-0.2, -0.15) is 0 Å². The highest BCUT2D eigenvalue weighted by atomic mass is 16.5. The van der Waals surface area contributed by atoms with E-state index in [2.05, 4.69) is 32.6 Å². The van der Waals surface area contributed by atoms with Crippen molar-refractivity contribution in [3.63, 3.8) is 0 Å². The normalized spacial score (nSPS) is 27.1. The van der Waals surface area contributed by atoms with Crippen molar-refractivity contribution in [3.8, 4) is 11.8 Å². The zero-order chi connectivity index (χ0) is 12.4. The maximum Gasteiger partial charge on any atom is 0.120 e. The molecule has 0 aromatic rings. The number of hydrogen-bond donors (Lipinski definition) is 1. The Hall–Kier alpha value is -0.520. The maximum absolute atomic E-state index is 9.54. The Bertz CT molecular complexity index is 283. The Labute approximate surface area is 99.4 Å². The Balaban J connectivity index is 2.60. The van der Waals surface area contributed by atoms with E-state index in [0.29, 0.717) is 0 Å². The summed E-state index contributed by atoms with van der Waals surface area (Å²) >= 11 is 0. The van der Waals surface area contributed by atoms with Crippen LogP contribution in [0.2, 0.25) is 0 Å². The van der Waals surface area contributed by atoms with Crippen LogP contribution >= 0.6 is 0 Å². The minimum Gasteiger partial charge on any atom is -0.378 e. The van der Waals surface area contributed by atoms with Gasteiger partial charge in [0.2, 0.25) is 0 Å². The number of hydrogen-bond acceptors (Lipinski definition) is 2. The molecule has 2 heteroatoms. The van der Waals surface area contributed by atoms with Crippen LogP contribution in [0.15, 0.2) is 0 Å². The molecule has 0 aromatic heterocycles. The van der Waals surface area contributed by atoms with E-state index in [-0.39, 0.29) is 17.6 Å². The molecular formula is C14H24O2. The van der Waals surface area contributed by atoms with Crippen molar-refractivity contribution in [3.05, 3.63) is 0 Å². The molecular weight excluding hydrogens is 200 g/mol. The largest absolute Gasteiger partial charge is 0.378 e. The summed E-state index contributed by atoms with van der Waals surface area (Å²) in [7, 11) is 0. The number of aliphatic hydroxyl groups is 1. The van der Waals surface area contributed by atoms with E-state index in [1.165, 1.54) is 0 Å². The van der Waals surface area contributed by atoms with Crippen LogP contribution in [0.5, 0.6) is 0 Å². The first kappa shape index (κ1) is 13.5. The summed E-state index contributed by atoms with van der Waals surface area (Å²) in [5, 5.41) is 9.54. The highest BCUT2D eigenvalue weighted by Crippen LogP contribution is 2.31. The summed E-state index contributed by atoms with van der Waals surface area (Å²) in [6, 6.07) is 0. The fraction of sp³-hybridized carbons (Fsp3) is 0.857. The second kappa shape index (κ2) is 4.77. The zero-order valence-electron chi connectivity index (χ0n) is 11.1. The van der Waals surface area contributed by atoms with Gasteiger partial charge in [-0.05, 0) is 38.5 Å². The van der Waals surface area contributed by atoms with Crippen molar-refractivity contribution in [2.75, 3.05) is 0 Å². The monoisotopic (exact) mass is 224 g/mol. The SMILES string of the molecule is CC(C)(O)C#C[C@H]1CCC[C@H](C(C)(C)C)O1. The smallest absolute Gasteiger partial charge is 0.120 e. The molecule has 1 fully saturated rings. The summed E-state index contributed by atoms with van der Waals surface area (Å²) in [5.41, 5.74) is -0.743. The van der Waals surface area contributed by atoms with Crippen molar-refractivity contribution in [1.82, 2.24) is 0 Å². The van der Waals surface area contributed by atoms with Crippen LogP contribution in [0.1, 0.15) is 53.9 Å². The minimum atomic E-state index is -0.919. The average molecular weight is 224 g/mol. The van der Waals surface area contributed by atoms with Gasteiger partial charge in [0.1, 0.15) is 11.7 Å². The molecule has 0 aromatic carbocycles. The van der Waals surface area contributed by atoms with Gasteiger partial charge in [-0.3, -0.25) is 0 Å². The Morgan fingerprint density at radius 2 is 1.75 bits per heavy atom. The summed E-state index contributed by atoms with van der Waals surface area (Å²) in [6.45, 7) is 9.99. The molecule has 1 N–H and O–H groups in total. The van der Waals surface area contributed by atoms with Crippen LogP contribution in [0.3, 0.4) is 0 Å².